The summed E-state index contributed by atoms with van der Waals surface area (Å²) in [5, 5.41) is 12.2. The zero-order valence-corrected chi connectivity index (χ0v) is 11.1. The van der Waals surface area contributed by atoms with E-state index in [2.05, 4.69) is 34.3 Å². The van der Waals surface area contributed by atoms with E-state index in [0.29, 0.717) is 6.04 Å². The van der Waals surface area contributed by atoms with Gasteiger partial charge in [-0.1, -0.05) is 6.07 Å². The highest BCUT2D eigenvalue weighted by atomic mass is 16.3. The zero-order valence-electron chi connectivity index (χ0n) is 11.1. The fraction of sp³-hybridized carbons (Fsp3) is 0.643. The highest BCUT2D eigenvalue weighted by molar-refractivity contribution is 5.40. The first kappa shape index (κ1) is 13.3. The van der Waals surface area contributed by atoms with E-state index < -0.39 is 0 Å². The molecule has 18 heavy (non-hydrogen) atoms. The Hall–Kier alpha value is -1.13. The van der Waals surface area contributed by atoms with Gasteiger partial charge >= 0.3 is 0 Å². The Bertz CT molecular complexity index is 347. The molecule has 1 aliphatic heterocycles. The number of rotatable bonds is 6. The van der Waals surface area contributed by atoms with E-state index in [-0.39, 0.29) is 6.61 Å². The summed E-state index contributed by atoms with van der Waals surface area (Å²) >= 11 is 0. The minimum atomic E-state index is 0.236. The van der Waals surface area contributed by atoms with E-state index in [1.165, 1.54) is 18.4 Å². The highest BCUT2D eigenvalue weighted by Gasteiger charge is 2.12. The van der Waals surface area contributed by atoms with E-state index >= 15 is 0 Å². The van der Waals surface area contributed by atoms with Crippen molar-refractivity contribution >= 4 is 5.82 Å². The molecule has 2 heterocycles. The Balaban J connectivity index is 1.83. The molecule has 0 spiro atoms. The molecule has 1 unspecified atom stereocenters. The maximum Gasteiger partial charge on any atom is 0.128 e. The average molecular weight is 249 g/mol. The van der Waals surface area contributed by atoms with Crippen LogP contribution in [0, 0.1) is 0 Å². The van der Waals surface area contributed by atoms with Gasteiger partial charge < -0.3 is 15.3 Å². The number of anilines is 1. The fourth-order valence-corrected chi connectivity index (χ4v) is 2.24. The number of nitrogens with one attached hydrogen (secondary N) is 1. The Kier molecular flexibility index (Phi) is 4.96. The number of hydrogen-bond donors (Lipinski definition) is 2. The van der Waals surface area contributed by atoms with Gasteiger partial charge in [-0.25, -0.2) is 4.98 Å². The lowest BCUT2D eigenvalue weighted by Crippen LogP contribution is -2.26. The first-order valence-electron chi connectivity index (χ1n) is 6.83. The normalized spacial score (nSPS) is 17.1. The monoisotopic (exact) mass is 249 g/mol. The van der Waals surface area contributed by atoms with Gasteiger partial charge in [0.1, 0.15) is 5.82 Å². The molecular formula is C14H23N3O. The molecule has 1 aliphatic rings. The quantitative estimate of drug-likeness (QED) is 0.803. The van der Waals surface area contributed by atoms with Gasteiger partial charge in [-0.05, 0) is 37.8 Å². The molecule has 1 saturated heterocycles. The van der Waals surface area contributed by atoms with Gasteiger partial charge in [-0.3, -0.25) is 0 Å². The van der Waals surface area contributed by atoms with Gasteiger partial charge in [0.05, 0.1) is 0 Å². The van der Waals surface area contributed by atoms with Crippen molar-refractivity contribution in [3.8, 4) is 0 Å². The maximum atomic E-state index is 8.83. The molecule has 4 nitrogen and oxygen atoms in total. The maximum absolute atomic E-state index is 8.83. The Morgan fingerprint density at radius 2 is 2.17 bits per heavy atom. The summed E-state index contributed by atoms with van der Waals surface area (Å²) in [6, 6.07) is 4.59. The SMILES string of the molecule is CC(CCO)NCc1ccc(N2CCCC2)nc1. The summed E-state index contributed by atoms with van der Waals surface area (Å²) in [4.78, 5) is 6.86. The standard InChI is InChI=1S/C14H23N3O/c1-12(6-9-18)15-10-13-4-5-14(16-11-13)17-7-2-3-8-17/h4-5,11-12,15,18H,2-3,6-10H2,1H3. The van der Waals surface area contributed by atoms with E-state index in [1.54, 1.807) is 0 Å². The third kappa shape index (κ3) is 3.68. The van der Waals surface area contributed by atoms with Crippen molar-refractivity contribution in [3.63, 3.8) is 0 Å². The number of nitrogens with zero attached hydrogens (tertiary/aromatic N) is 2. The molecule has 1 aromatic heterocycles. The number of aromatic nitrogens is 1. The molecule has 1 atom stereocenters. The molecule has 1 aromatic rings. The molecule has 2 rings (SSSR count). The molecule has 100 valence electrons. The van der Waals surface area contributed by atoms with Crippen molar-refractivity contribution in [1.29, 1.82) is 0 Å². The van der Waals surface area contributed by atoms with Crippen LogP contribution in [0.15, 0.2) is 18.3 Å². The lowest BCUT2D eigenvalue weighted by Gasteiger charge is -2.17. The highest BCUT2D eigenvalue weighted by Crippen LogP contribution is 2.17. The molecule has 0 bridgehead atoms. The van der Waals surface area contributed by atoms with Crippen LogP contribution in [0.3, 0.4) is 0 Å². The van der Waals surface area contributed by atoms with Gasteiger partial charge in [-0.2, -0.15) is 0 Å². The summed E-state index contributed by atoms with van der Waals surface area (Å²) in [5.41, 5.74) is 1.20. The number of pyridine rings is 1. The van der Waals surface area contributed by atoms with Gasteiger partial charge in [0, 0.05) is 38.5 Å². The fourth-order valence-electron chi connectivity index (χ4n) is 2.24. The lowest BCUT2D eigenvalue weighted by molar-refractivity contribution is 0.268. The second kappa shape index (κ2) is 6.71. The Labute approximate surface area is 109 Å². The smallest absolute Gasteiger partial charge is 0.128 e. The van der Waals surface area contributed by atoms with Crippen LogP contribution in [0.5, 0.6) is 0 Å². The van der Waals surface area contributed by atoms with Crippen LogP contribution in [0.4, 0.5) is 5.82 Å². The number of hydrogen-bond acceptors (Lipinski definition) is 4. The molecule has 0 aliphatic carbocycles. The molecule has 0 aromatic carbocycles. The molecule has 1 fully saturated rings. The lowest BCUT2D eigenvalue weighted by atomic mass is 10.2. The van der Waals surface area contributed by atoms with Gasteiger partial charge in [0.25, 0.3) is 0 Å². The van der Waals surface area contributed by atoms with E-state index in [1.807, 2.05) is 6.20 Å². The molecule has 2 N–H and O–H groups in total. The summed E-state index contributed by atoms with van der Waals surface area (Å²) in [6.45, 7) is 5.41. The molecule has 0 amide bonds. The summed E-state index contributed by atoms with van der Waals surface area (Å²) in [7, 11) is 0. The summed E-state index contributed by atoms with van der Waals surface area (Å²) < 4.78 is 0. The average Bonchev–Trinajstić information content (AvgIpc) is 2.91. The van der Waals surface area contributed by atoms with Crippen molar-refractivity contribution in [1.82, 2.24) is 10.3 Å². The summed E-state index contributed by atoms with van der Waals surface area (Å²) in [5.74, 6) is 1.10. The molecule has 0 saturated carbocycles. The Morgan fingerprint density at radius 1 is 1.39 bits per heavy atom. The van der Waals surface area contributed by atoms with Crippen molar-refractivity contribution in [3.05, 3.63) is 23.9 Å². The van der Waals surface area contributed by atoms with E-state index in [4.69, 9.17) is 5.11 Å². The topological polar surface area (TPSA) is 48.4 Å². The molecule has 4 heteroatoms. The van der Waals surface area contributed by atoms with Crippen LogP contribution in [0.25, 0.3) is 0 Å². The minimum Gasteiger partial charge on any atom is -0.396 e. The van der Waals surface area contributed by atoms with Crippen molar-refractivity contribution in [2.45, 2.75) is 38.8 Å². The van der Waals surface area contributed by atoms with Gasteiger partial charge in [-0.15, -0.1) is 0 Å². The predicted octanol–water partition coefficient (Wildman–Crippen LogP) is 1.54. The largest absolute Gasteiger partial charge is 0.396 e. The number of aliphatic hydroxyl groups is 1. The first-order valence-corrected chi connectivity index (χ1v) is 6.83. The third-order valence-electron chi connectivity index (χ3n) is 3.46. The third-order valence-corrected chi connectivity index (χ3v) is 3.46. The molecule has 0 radical (unpaired) electrons. The van der Waals surface area contributed by atoms with Crippen LogP contribution in [0.2, 0.25) is 0 Å². The van der Waals surface area contributed by atoms with Crippen molar-refractivity contribution in [2.24, 2.45) is 0 Å². The Morgan fingerprint density at radius 3 is 2.78 bits per heavy atom. The van der Waals surface area contributed by atoms with Gasteiger partial charge in [0.2, 0.25) is 0 Å². The van der Waals surface area contributed by atoms with Crippen LogP contribution >= 0.6 is 0 Å². The predicted molar refractivity (Wildman–Crippen MR) is 73.7 cm³/mol. The van der Waals surface area contributed by atoms with Crippen LogP contribution in [-0.2, 0) is 6.54 Å². The van der Waals surface area contributed by atoms with E-state index in [9.17, 15) is 0 Å². The van der Waals surface area contributed by atoms with Crippen LogP contribution in [0.1, 0.15) is 31.7 Å². The molecular weight excluding hydrogens is 226 g/mol. The number of aliphatic hydroxyl groups excluding tert-OH is 1. The second-order valence-electron chi connectivity index (χ2n) is 5.01. The summed E-state index contributed by atoms with van der Waals surface area (Å²) in [6.07, 6.45) is 5.30. The minimum absolute atomic E-state index is 0.236. The van der Waals surface area contributed by atoms with Crippen LogP contribution in [-0.4, -0.2) is 35.8 Å². The van der Waals surface area contributed by atoms with E-state index in [0.717, 1.165) is 31.9 Å². The zero-order chi connectivity index (χ0) is 12.8. The first-order chi connectivity index (χ1) is 8.79. The van der Waals surface area contributed by atoms with Crippen LogP contribution < -0.4 is 10.2 Å². The van der Waals surface area contributed by atoms with Crippen molar-refractivity contribution in [2.75, 3.05) is 24.6 Å². The van der Waals surface area contributed by atoms with Crippen molar-refractivity contribution < 1.29 is 5.11 Å². The second-order valence-corrected chi connectivity index (χ2v) is 5.01. The van der Waals surface area contributed by atoms with Gasteiger partial charge in [0.15, 0.2) is 0 Å².